The van der Waals surface area contributed by atoms with Gasteiger partial charge < -0.3 is 20.4 Å². The lowest BCUT2D eigenvalue weighted by molar-refractivity contribution is -0.133. The molecule has 6 nitrogen and oxygen atoms in total. The number of rotatable bonds is 4. The molecule has 0 unspecified atom stereocenters. The van der Waals surface area contributed by atoms with Crippen molar-refractivity contribution in [2.24, 2.45) is 11.7 Å². The number of hydrogen-bond acceptors (Lipinski definition) is 4. The standard InChI is InChI=1S/C15H21N3O3/c16-9-12-3-4-13(21-12)14(19)17-11-5-7-18(8-6-11)15(20)10-1-2-10/h3-4,10-11H,1-2,5-9,16H2,(H,17,19). The van der Waals surface area contributed by atoms with Crippen LogP contribution >= 0.6 is 0 Å². The Morgan fingerprint density at radius 3 is 2.52 bits per heavy atom. The number of hydrogen-bond donors (Lipinski definition) is 2. The van der Waals surface area contributed by atoms with Crippen molar-refractivity contribution in [2.75, 3.05) is 13.1 Å². The van der Waals surface area contributed by atoms with Crippen LogP contribution in [0.3, 0.4) is 0 Å². The van der Waals surface area contributed by atoms with Crippen molar-refractivity contribution < 1.29 is 14.0 Å². The predicted octanol–water partition coefficient (Wildman–Crippen LogP) is 0.869. The Labute approximate surface area is 123 Å². The van der Waals surface area contributed by atoms with Gasteiger partial charge >= 0.3 is 0 Å². The second-order valence-electron chi connectivity index (χ2n) is 5.82. The summed E-state index contributed by atoms with van der Waals surface area (Å²) in [5, 5.41) is 2.97. The van der Waals surface area contributed by atoms with E-state index in [0.29, 0.717) is 17.4 Å². The molecule has 21 heavy (non-hydrogen) atoms. The number of nitrogens with two attached hydrogens (primary N) is 1. The van der Waals surface area contributed by atoms with E-state index in [1.54, 1.807) is 12.1 Å². The predicted molar refractivity (Wildman–Crippen MR) is 76.4 cm³/mol. The second-order valence-corrected chi connectivity index (χ2v) is 5.82. The van der Waals surface area contributed by atoms with Crippen LogP contribution in [0.5, 0.6) is 0 Å². The number of carbonyl (C=O) groups is 2. The lowest BCUT2D eigenvalue weighted by Crippen LogP contribution is -2.46. The topological polar surface area (TPSA) is 88.6 Å². The summed E-state index contributed by atoms with van der Waals surface area (Å²) >= 11 is 0. The monoisotopic (exact) mass is 291 g/mol. The molecule has 114 valence electrons. The summed E-state index contributed by atoms with van der Waals surface area (Å²) in [4.78, 5) is 25.9. The van der Waals surface area contributed by atoms with Gasteiger partial charge in [-0.25, -0.2) is 0 Å². The maximum absolute atomic E-state index is 12.0. The minimum atomic E-state index is -0.207. The first-order chi connectivity index (χ1) is 10.2. The van der Waals surface area contributed by atoms with Crippen molar-refractivity contribution in [3.8, 4) is 0 Å². The Hall–Kier alpha value is -1.82. The number of amides is 2. The molecule has 2 amide bonds. The number of likely N-dealkylation sites (tertiary alicyclic amines) is 1. The fourth-order valence-corrected chi connectivity index (χ4v) is 2.70. The van der Waals surface area contributed by atoms with Crippen molar-refractivity contribution >= 4 is 11.8 Å². The molecule has 2 heterocycles. The Morgan fingerprint density at radius 2 is 1.95 bits per heavy atom. The fraction of sp³-hybridized carbons (Fsp3) is 0.600. The van der Waals surface area contributed by atoms with E-state index in [2.05, 4.69) is 5.32 Å². The Bertz CT molecular complexity index is 528. The molecule has 1 saturated carbocycles. The zero-order valence-electron chi connectivity index (χ0n) is 12.0. The van der Waals surface area contributed by atoms with E-state index in [1.165, 1.54) is 0 Å². The van der Waals surface area contributed by atoms with Crippen molar-refractivity contribution in [3.05, 3.63) is 23.7 Å². The van der Waals surface area contributed by atoms with Crippen molar-refractivity contribution in [1.82, 2.24) is 10.2 Å². The van der Waals surface area contributed by atoms with Gasteiger partial charge in [0.2, 0.25) is 5.91 Å². The first-order valence-corrected chi connectivity index (χ1v) is 7.56. The quantitative estimate of drug-likeness (QED) is 0.861. The Balaban J connectivity index is 1.48. The largest absolute Gasteiger partial charge is 0.455 e. The van der Waals surface area contributed by atoms with E-state index >= 15 is 0 Å². The smallest absolute Gasteiger partial charge is 0.287 e. The van der Waals surface area contributed by atoms with Crippen LogP contribution < -0.4 is 11.1 Å². The van der Waals surface area contributed by atoms with Crippen LogP contribution in [0.2, 0.25) is 0 Å². The van der Waals surface area contributed by atoms with Crippen molar-refractivity contribution in [2.45, 2.75) is 38.3 Å². The van der Waals surface area contributed by atoms with Crippen LogP contribution in [0.1, 0.15) is 42.0 Å². The maximum atomic E-state index is 12.0. The molecule has 1 aromatic rings. The molecule has 0 spiro atoms. The van der Waals surface area contributed by atoms with Crippen LogP contribution in [-0.4, -0.2) is 35.8 Å². The molecule has 6 heteroatoms. The van der Waals surface area contributed by atoms with Gasteiger partial charge in [-0.15, -0.1) is 0 Å². The van der Waals surface area contributed by atoms with E-state index in [-0.39, 0.29) is 24.4 Å². The minimum absolute atomic E-state index is 0.104. The molecule has 1 aliphatic heterocycles. The summed E-state index contributed by atoms with van der Waals surface area (Å²) in [6.07, 6.45) is 3.68. The Kier molecular flexibility index (Phi) is 3.96. The van der Waals surface area contributed by atoms with Gasteiger partial charge in [0.1, 0.15) is 5.76 Å². The van der Waals surface area contributed by atoms with E-state index in [4.69, 9.17) is 10.2 Å². The highest BCUT2D eigenvalue weighted by Crippen LogP contribution is 2.31. The van der Waals surface area contributed by atoms with Gasteiger partial charge in [0.25, 0.3) is 5.91 Å². The molecule has 3 N–H and O–H groups in total. The fourth-order valence-electron chi connectivity index (χ4n) is 2.70. The Morgan fingerprint density at radius 1 is 1.24 bits per heavy atom. The summed E-state index contributed by atoms with van der Waals surface area (Å²) in [7, 11) is 0. The van der Waals surface area contributed by atoms with Gasteiger partial charge in [-0.2, -0.15) is 0 Å². The highest BCUT2D eigenvalue weighted by molar-refractivity contribution is 5.91. The SMILES string of the molecule is NCc1ccc(C(=O)NC2CCN(C(=O)C3CC3)CC2)o1. The highest BCUT2D eigenvalue weighted by atomic mass is 16.4. The zero-order chi connectivity index (χ0) is 14.8. The first-order valence-electron chi connectivity index (χ1n) is 7.56. The van der Waals surface area contributed by atoms with Gasteiger partial charge in [-0.3, -0.25) is 9.59 Å². The van der Waals surface area contributed by atoms with Crippen molar-refractivity contribution in [3.63, 3.8) is 0 Å². The molecule has 0 radical (unpaired) electrons. The number of piperidine rings is 1. The van der Waals surface area contributed by atoms with Gasteiger partial charge in [-0.1, -0.05) is 0 Å². The molecule has 2 fully saturated rings. The molecule has 1 saturated heterocycles. The van der Waals surface area contributed by atoms with E-state index in [9.17, 15) is 9.59 Å². The normalized spacial score (nSPS) is 19.6. The third-order valence-corrected chi connectivity index (χ3v) is 4.16. The van der Waals surface area contributed by atoms with Crippen LogP contribution in [0.4, 0.5) is 0 Å². The molecule has 0 bridgehead atoms. The number of furan rings is 1. The molecular formula is C15H21N3O3. The van der Waals surface area contributed by atoms with Crippen LogP contribution in [-0.2, 0) is 11.3 Å². The summed E-state index contributed by atoms with van der Waals surface area (Å²) in [6, 6.07) is 3.46. The third-order valence-electron chi connectivity index (χ3n) is 4.16. The molecule has 1 aliphatic carbocycles. The first kappa shape index (κ1) is 14.1. The highest BCUT2D eigenvalue weighted by Gasteiger charge is 2.35. The molecule has 2 aliphatic rings. The molecule has 3 rings (SSSR count). The van der Waals surface area contributed by atoms with Crippen LogP contribution in [0.25, 0.3) is 0 Å². The lowest BCUT2D eigenvalue weighted by atomic mass is 10.0. The maximum Gasteiger partial charge on any atom is 0.287 e. The second kappa shape index (κ2) is 5.89. The van der Waals surface area contributed by atoms with Gasteiger partial charge in [0.15, 0.2) is 5.76 Å². The average Bonchev–Trinajstić information content (AvgIpc) is 3.24. The van der Waals surface area contributed by atoms with Gasteiger partial charge in [-0.05, 0) is 37.8 Å². The molecule has 0 aromatic carbocycles. The number of nitrogens with one attached hydrogen (secondary N) is 1. The average molecular weight is 291 g/mol. The molecule has 1 aromatic heterocycles. The summed E-state index contributed by atoms with van der Waals surface area (Å²) in [5.41, 5.74) is 5.46. The zero-order valence-corrected chi connectivity index (χ0v) is 12.0. The summed E-state index contributed by atoms with van der Waals surface area (Å²) in [6.45, 7) is 1.74. The summed E-state index contributed by atoms with van der Waals surface area (Å²) in [5.74, 6) is 1.26. The van der Waals surface area contributed by atoms with E-state index in [0.717, 1.165) is 38.8 Å². The van der Waals surface area contributed by atoms with Crippen molar-refractivity contribution in [1.29, 1.82) is 0 Å². The van der Waals surface area contributed by atoms with Crippen LogP contribution in [0.15, 0.2) is 16.5 Å². The van der Waals surface area contributed by atoms with E-state index in [1.807, 2.05) is 4.90 Å². The lowest BCUT2D eigenvalue weighted by Gasteiger charge is -2.32. The van der Waals surface area contributed by atoms with E-state index < -0.39 is 0 Å². The third kappa shape index (κ3) is 3.26. The number of carbonyl (C=O) groups excluding carboxylic acids is 2. The molecule has 0 atom stereocenters. The van der Waals surface area contributed by atoms with Gasteiger partial charge in [0, 0.05) is 25.0 Å². The number of nitrogens with zero attached hydrogens (tertiary/aromatic N) is 1. The van der Waals surface area contributed by atoms with Gasteiger partial charge in [0.05, 0.1) is 6.54 Å². The van der Waals surface area contributed by atoms with Crippen LogP contribution in [0, 0.1) is 5.92 Å². The summed E-state index contributed by atoms with van der Waals surface area (Å²) < 4.78 is 5.33. The molecular weight excluding hydrogens is 270 g/mol. The minimum Gasteiger partial charge on any atom is -0.455 e.